The molecule has 2 amide bonds. The second-order valence-electron chi connectivity index (χ2n) is 6.76. The van der Waals surface area contributed by atoms with Crippen LogP contribution in [-0.4, -0.2) is 29.6 Å². The van der Waals surface area contributed by atoms with Crippen molar-refractivity contribution in [2.75, 3.05) is 11.9 Å². The first kappa shape index (κ1) is 18.2. The van der Waals surface area contributed by atoms with E-state index >= 15 is 0 Å². The predicted octanol–water partition coefficient (Wildman–Crippen LogP) is 2.16. The molecule has 0 saturated heterocycles. The van der Waals surface area contributed by atoms with Gasteiger partial charge in [-0.25, -0.2) is 0 Å². The van der Waals surface area contributed by atoms with Crippen LogP contribution in [0, 0.1) is 19.3 Å². The Morgan fingerprint density at radius 3 is 2.14 bits per heavy atom. The number of hydrogen-bond donors (Lipinski definition) is 3. The molecule has 0 bridgehead atoms. The molecular formula is C17H26N2O3. The molecule has 3 N–H and O–H groups in total. The van der Waals surface area contributed by atoms with E-state index in [0.29, 0.717) is 12.1 Å². The summed E-state index contributed by atoms with van der Waals surface area (Å²) in [7, 11) is 0. The molecule has 0 radical (unpaired) electrons. The molecular weight excluding hydrogens is 280 g/mol. The molecule has 1 aromatic rings. The minimum Gasteiger partial charge on any atom is -0.393 e. The number of benzene rings is 1. The number of hydrogen-bond acceptors (Lipinski definition) is 3. The lowest BCUT2D eigenvalue weighted by Crippen LogP contribution is -2.38. The summed E-state index contributed by atoms with van der Waals surface area (Å²) in [5, 5.41) is 15.0. The van der Waals surface area contributed by atoms with E-state index in [9.17, 15) is 14.7 Å². The summed E-state index contributed by atoms with van der Waals surface area (Å²) in [5.74, 6) is -1.39. The van der Waals surface area contributed by atoms with Gasteiger partial charge in [0.05, 0.1) is 6.10 Å². The number of anilines is 1. The molecule has 0 aromatic heterocycles. The van der Waals surface area contributed by atoms with Gasteiger partial charge in [0.2, 0.25) is 0 Å². The molecule has 1 atom stereocenters. The molecule has 1 aromatic carbocycles. The number of nitrogens with one attached hydrogen (secondary N) is 2. The Morgan fingerprint density at radius 1 is 1.09 bits per heavy atom. The Kier molecular flexibility index (Phi) is 6.11. The number of carbonyl (C=O) groups is 2. The van der Waals surface area contributed by atoms with Gasteiger partial charge in [-0.2, -0.15) is 0 Å². The van der Waals surface area contributed by atoms with Crippen molar-refractivity contribution in [3.8, 4) is 0 Å². The number of rotatable bonds is 4. The van der Waals surface area contributed by atoms with Crippen molar-refractivity contribution in [2.45, 2.75) is 47.1 Å². The highest BCUT2D eigenvalue weighted by Crippen LogP contribution is 2.20. The molecule has 1 rings (SSSR count). The third kappa shape index (κ3) is 5.85. The number of aliphatic hydroxyl groups excluding tert-OH is 1. The smallest absolute Gasteiger partial charge is 0.313 e. The summed E-state index contributed by atoms with van der Waals surface area (Å²) in [6.07, 6.45) is -0.123. The van der Waals surface area contributed by atoms with Gasteiger partial charge in [-0.3, -0.25) is 9.59 Å². The van der Waals surface area contributed by atoms with Crippen LogP contribution in [0.3, 0.4) is 0 Å². The van der Waals surface area contributed by atoms with Gasteiger partial charge in [0.25, 0.3) is 0 Å². The third-order valence-corrected chi connectivity index (χ3v) is 3.39. The van der Waals surface area contributed by atoms with Crippen LogP contribution in [0.2, 0.25) is 0 Å². The van der Waals surface area contributed by atoms with E-state index in [4.69, 9.17) is 0 Å². The van der Waals surface area contributed by atoms with Crippen LogP contribution in [0.1, 0.15) is 38.3 Å². The van der Waals surface area contributed by atoms with Crippen molar-refractivity contribution in [1.29, 1.82) is 0 Å². The quantitative estimate of drug-likeness (QED) is 0.746. The molecule has 0 aliphatic carbocycles. The fourth-order valence-electron chi connectivity index (χ4n) is 2.07. The zero-order valence-corrected chi connectivity index (χ0v) is 14.0. The zero-order chi connectivity index (χ0) is 16.9. The predicted molar refractivity (Wildman–Crippen MR) is 87.6 cm³/mol. The summed E-state index contributed by atoms with van der Waals surface area (Å²) < 4.78 is 0. The summed E-state index contributed by atoms with van der Waals surface area (Å²) in [5.41, 5.74) is 2.40. The lowest BCUT2D eigenvalue weighted by molar-refractivity contribution is -0.136. The highest BCUT2D eigenvalue weighted by atomic mass is 16.3. The first-order valence-corrected chi connectivity index (χ1v) is 7.45. The van der Waals surface area contributed by atoms with E-state index in [1.54, 1.807) is 0 Å². The van der Waals surface area contributed by atoms with E-state index < -0.39 is 17.9 Å². The minimum absolute atomic E-state index is 0.244. The fraction of sp³-hybridized carbons (Fsp3) is 0.529. The normalized spacial score (nSPS) is 12.6. The fourth-order valence-corrected chi connectivity index (χ4v) is 2.07. The van der Waals surface area contributed by atoms with Crippen LogP contribution in [0.5, 0.6) is 0 Å². The molecule has 22 heavy (non-hydrogen) atoms. The van der Waals surface area contributed by atoms with Crippen molar-refractivity contribution < 1.29 is 14.7 Å². The van der Waals surface area contributed by atoms with Gasteiger partial charge in [0, 0.05) is 12.2 Å². The van der Waals surface area contributed by atoms with Crippen LogP contribution < -0.4 is 10.6 Å². The molecule has 5 heteroatoms. The molecule has 0 fully saturated rings. The van der Waals surface area contributed by atoms with Crippen molar-refractivity contribution >= 4 is 17.5 Å². The molecule has 0 spiro atoms. The molecule has 5 nitrogen and oxygen atoms in total. The molecule has 0 saturated carbocycles. The number of aliphatic hydroxyl groups is 1. The third-order valence-electron chi connectivity index (χ3n) is 3.39. The zero-order valence-electron chi connectivity index (χ0n) is 14.0. The Morgan fingerprint density at radius 2 is 1.64 bits per heavy atom. The van der Waals surface area contributed by atoms with Crippen LogP contribution in [-0.2, 0) is 9.59 Å². The first-order valence-electron chi connectivity index (χ1n) is 7.45. The highest BCUT2D eigenvalue weighted by molar-refractivity contribution is 6.39. The Bertz CT molecular complexity index is 527. The molecule has 122 valence electrons. The standard InChI is InChI=1S/C17H26N2O3/c1-11-8-12(2)10-13(9-11)19-16(22)15(21)18-7-6-14(20)17(3,4)5/h8-10,14,20H,6-7H2,1-5H3,(H,18,21)(H,19,22)/t14-/m0/s1. The first-order chi connectivity index (χ1) is 10.1. The summed E-state index contributed by atoms with van der Waals surface area (Å²) in [6.45, 7) is 9.88. The Labute approximate surface area is 132 Å². The molecule has 0 heterocycles. The summed E-state index contributed by atoms with van der Waals surface area (Å²) in [4.78, 5) is 23.6. The SMILES string of the molecule is Cc1cc(C)cc(NC(=O)C(=O)NCC[C@H](O)C(C)(C)C)c1. The maximum atomic E-state index is 11.8. The van der Waals surface area contributed by atoms with Gasteiger partial charge in [-0.05, 0) is 48.9 Å². The minimum atomic E-state index is -0.699. The monoisotopic (exact) mass is 306 g/mol. The van der Waals surface area contributed by atoms with Crippen molar-refractivity contribution in [1.82, 2.24) is 5.32 Å². The Hall–Kier alpha value is -1.88. The van der Waals surface area contributed by atoms with Gasteiger partial charge in [0.15, 0.2) is 0 Å². The largest absolute Gasteiger partial charge is 0.393 e. The number of aryl methyl sites for hydroxylation is 2. The van der Waals surface area contributed by atoms with Crippen molar-refractivity contribution in [3.05, 3.63) is 29.3 Å². The van der Waals surface area contributed by atoms with E-state index in [1.165, 1.54) is 0 Å². The van der Waals surface area contributed by atoms with Crippen LogP contribution in [0.25, 0.3) is 0 Å². The van der Waals surface area contributed by atoms with E-state index in [2.05, 4.69) is 10.6 Å². The summed E-state index contributed by atoms with van der Waals surface area (Å²) in [6, 6.07) is 5.60. The van der Waals surface area contributed by atoms with Crippen LogP contribution in [0.15, 0.2) is 18.2 Å². The highest BCUT2D eigenvalue weighted by Gasteiger charge is 2.22. The van der Waals surface area contributed by atoms with Gasteiger partial charge >= 0.3 is 11.8 Å². The van der Waals surface area contributed by atoms with Crippen molar-refractivity contribution in [3.63, 3.8) is 0 Å². The molecule has 0 unspecified atom stereocenters. The second kappa shape index (κ2) is 7.40. The van der Waals surface area contributed by atoms with Crippen molar-refractivity contribution in [2.24, 2.45) is 5.41 Å². The average molecular weight is 306 g/mol. The lowest BCUT2D eigenvalue weighted by atomic mass is 9.87. The number of carbonyl (C=O) groups excluding carboxylic acids is 2. The maximum absolute atomic E-state index is 11.8. The van der Waals surface area contributed by atoms with E-state index in [0.717, 1.165) is 11.1 Å². The lowest BCUT2D eigenvalue weighted by Gasteiger charge is -2.25. The maximum Gasteiger partial charge on any atom is 0.313 e. The second-order valence-corrected chi connectivity index (χ2v) is 6.76. The molecule has 0 aliphatic heterocycles. The van der Waals surface area contributed by atoms with Gasteiger partial charge in [-0.1, -0.05) is 26.8 Å². The Balaban J connectivity index is 2.47. The van der Waals surface area contributed by atoms with Crippen LogP contribution >= 0.6 is 0 Å². The van der Waals surface area contributed by atoms with Gasteiger partial charge in [0.1, 0.15) is 0 Å². The van der Waals surface area contributed by atoms with Crippen LogP contribution in [0.4, 0.5) is 5.69 Å². The van der Waals surface area contributed by atoms with Gasteiger partial charge in [-0.15, -0.1) is 0 Å². The van der Waals surface area contributed by atoms with E-state index in [-0.39, 0.29) is 12.0 Å². The number of amides is 2. The summed E-state index contributed by atoms with van der Waals surface area (Å²) >= 11 is 0. The topological polar surface area (TPSA) is 78.4 Å². The van der Waals surface area contributed by atoms with E-state index in [1.807, 2.05) is 52.8 Å². The molecule has 0 aliphatic rings. The average Bonchev–Trinajstić information content (AvgIpc) is 2.35. The van der Waals surface area contributed by atoms with Gasteiger partial charge < -0.3 is 15.7 Å².